The van der Waals surface area contributed by atoms with Crippen molar-refractivity contribution in [1.29, 1.82) is 0 Å². The highest BCUT2D eigenvalue weighted by atomic mass is 16.5. The minimum atomic E-state index is -0.793. The number of rotatable bonds is 14. The van der Waals surface area contributed by atoms with Crippen molar-refractivity contribution in [2.24, 2.45) is 10.7 Å². The molecule has 3 heterocycles. The molecule has 0 bridgehead atoms. The van der Waals surface area contributed by atoms with E-state index >= 15 is 0 Å². The molecule has 0 saturated heterocycles. The Bertz CT molecular complexity index is 2060. The molecule has 3 N–H and O–H groups in total. The van der Waals surface area contributed by atoms with Crippen LogP contribution in [0.5, 0.6) is 11.5 Å². The number of aromatic nitrogens is 4. The molecule has 0 fully saturated rings. The lowest BCUT2D eigenvalue weighted by Crippen LogP contribution is -2.24. The zero-order valence-corrected chi connectivity index (χ0v) is 28.8. The summed E-state index contributed by atoms with van der Waals surface area (Å²) < 4.78 is 29.6. The smallest absolute Gasteiger partial charge is 0.378 e. The maximum absolute atomic E-state index is 13.7. The highest BCUT2D eigenvalue weighted by molar-refractivity contribution is 6.10. The number of carbonyl (C=O) groups is 2. The van der Waals surface area contributed by atoms with Crippen LogP contribution in [0.2, 0.25) is 0 Å². The quantitative estimate of drug-likeness (QED) is 0.0910. The molecule has 0 saturated carbocycles. The number of benzene rings is 2. The molecule has 0 aliphatic carbocycles. The lowest BCUT2D eigenvalue weighted by atomic mass is 10.1. The summed E-state index contributed by atoms with van der Waals surface area (Å²) in [6.07, 6.45) is 1.55. The third kappa shape index (κ3) is 7.59. The number of carbonyl (C=O) groups excluding carboxylic acids is 2. The van der Waals surface area contributed by atoms with Gasteiger partial charge in [0.15, 0.2) is 17.2 Å². The summed E-state index contributed by atoms with van der Waals surface area (Å²) >= 11 is 0. The number of aliphatic imine (C=N–C) groups is 1. The minimum absolute atomic E-state index is 0.0362. The van der Waals surface area contributed by atoms with Gasteiger partial charge in [0, 0.05) is 35.8 Å². The van der Waals surface area contributed by atoms with Gasteiger partial charge in [0.2, 0.25) is 5.82 Å². The first kappa shape index (κ1) is 35.1. The first-order chi connectivity index (χ1) is 24.2. The predicted molar refractivity (Wildman–Crippen MR) is 186 cm³/mol. The maximum Gasteiger partial charge on any atom is 0.378 e. The molecule has 2 aromatic carbocycles. The van der Waals surface area contributed by atoms with E-state index in [9.17, 15) is 9.59 Å². The van der Waals surface area contributed by atoms with Crippen molar-refractivity contribution in [2.75, 3.05) is 27.4 Å². The highest BCUT2D eigenvalue weighted by Crippen LogP contribution is 2.28. The summed E-state index contributed by atoms with van der Waals surface area (Å²) in [6, 6.07) is 16.6. The van der Waals surface area contributed by atoms with Crippen LogP contribution in [-0.4, -0.2) is 64.7 Å². The molecule has 260 valence electrons. The Hall–Kier alpha value is -6.18. The number of pyridine rings is 1. The zero-order valence-electron chi connectivity index (χ0n) is 28.8. The average molecular weight is 682 g/mol. The van der Waals surface area contributed by atoms with Crippen molar-refractivity contribution in [3.05, 3.63) is 106 Å². The Morgan fingerprint density at radius 2 is 1.82 bits per heavy atom. The Morgan fingerprint density at radius 1 is 1.04 bits per heavy atom. The van der Waals surface area contributed by atoms with Gasteiger partial charge in [0.1, 0.15) is 18.1 Å². The van der Waals surface area contributed by atoms with Gasteiger partial charge in [0.25, 0.3) is 17.6 Å². The van der Waals surface area contributed by atoms with Gasteiger partial charge in [-0.25, -0.2) is 9.48 Å². The number of hydrogen-bond donors (Lipinski definition) is 2. The zero-order chi connectivity index (χ0) is 35.8. The number of fused-ring (bicyclic) bond motifs is 1. The summed E-state index contributed by atoms with van der Waals surface area (Å²) in [5.41, 5.74) is 9.56. The monoisotopic (exact) mass is 681 g/mol. The van der Waals surface area contributed by atoms with Gasteiger partial charge in [-0.05, 0) is 51.5 Å². The molecular weight excluding hydrogens is 642 g/mol. The topological polar surface area (TPSA) is 178 Å². The summed E-state index contributed by atoms with van der Waals surface area (Å²) in [6.45, 7) is 7.70. The van der Waals surface area contributed by atoms with E-state index in [1.807, 2.05) is 37.3 Å². The van der Waals surface area contributed by atoms with Crippen LogP contribution in [-0.2, 0) is 22.6 Å². The van der Waals surface area contributed by atoms with Crippen molar-refractivity contribution in [1.82, 2.24) is 25.1 Å². The summed E-state index contributed by atoms with van der Waals surface area (Å²) in [7, 11) is 3.10. The van der Waals surface area contributed by atoms with Gasteiger partial charge >= 0.3 is 5.97 Å². The lowest BCUT2D eigenvalue weighted by Gasteiger charge is -2.13. The number of nitrogens with two attached hydrogens (primary N) is 1. The van der Waals surface area contributed by atoms with Gasteiger partial charge in [0.05, 0.1) is 38.2 Å². The van der Waals surface area contributed by atoms with E-state index in [1.165, 1.54) is 11.8 Å². The standard InChI is InChI=1S/C36H39N7O7/c1-7-38-30(31(22(4)37)49-20-23-12-10-9-11-13-23)35-41-33(32(50-35)36(45)48-8-2)43-27-19-39-21(3)16-26(27)29(42-43)34(44)40-18-24-14-15-25(46-5)17-28(24)47-6/h9-17,19H,7-8,18,20,37H2,1-6H3,(H,40,44)/b31-22+,38-30?. The van der Waals surface area contributed by atoms with E-state index in [4.69, 9.17) is 29.1 Å². The normalized spacial score (nSPS) is 12.0. The molecule has 0 spiro atoms. The van der Waals surface area contributed by atoms with Crippen molar-refractivity contribution in [2.45, 2.75) is 40.8 Å². The van der Waals surface area contributed by atoms with Crippen LogP contribution in [0.3, 0.4) is 0 Å². The van der Waals surface area contributed by atoms with E-state index in [2.05, 4.69) is 25.4 Å². The molecule has 14 nitrogen and oxygen atoms in total. The number of methoxy groups -OCH3 is 2. The van der Waals surface area contributed by atoms with Crippen LogP contribution in [0.4, 0.5) is 0 Å². The lowest BCUT2D eigenvalue weighted by molar-refractivity contribution is 0.0489. The van der Waals surface area contributed by atoms with Crippen molar-refractivity contribution in [3.63, 3.8) is 0 Å². The third-order valence-corrected chi connectivity index (χ3v) is 7.44. The summed E-state index contributed by atoms with van der Waals surface area (Å²) in [4.78, 5) is 40.7. The van der Waals surface area contributed by atoms with Crippen LogP contribution in [0.15, 0.2) is 81.7 Å². The molecule has 50 heavy (non-hydrogen) atoms. The largest absolute Gasteiger partial charge is 0.497 e. The molecule has 14 heteroatoms. The number of aryl methyl sites for hydroxylation is 1. The maximum atomic E-state index is 13.7. The van der Waals surface area contributed by atoms with E-state index < -0.39 is 11.9 Å². The molecule has 5 aromatic rings. The van der Waals surface area contributed by atoms with E-state index in [1.54, 1.807) is 58.3 Å². The summed E-state index contributed by atoms with van der Waals surface area (Å²) in [5, 5.41) is 8.02. The van der Waals surface area contributed by atoms with Crippen molar-refractivity contribution in [3.8, 4) is 17.3 Å². The van der Waals surface area contributed by atoms with Gasteiger partial charge in [-0.1, -0.05) is 30.3 Å². The SMILES string of the molecule is CCN=C(/C(OCc1ccccc1)=C(/C)N)c1nc(-n2nc(C(=O)NCc3ccc(OC)cc3OC)c3cc(C)ncc32)c(C(=O)OCC)o1. The second kappa shape index (κ2) is 15.8. The number of nitrogens with zero attached hydrogens (tertiary/aromatic N) is 5. The Morgan fingerprint density at radius 3 is 2.50 bits per heavy atom. The summed E-state index contributed by atoms with van der Waals surface area (Å²) in [5.74, 6) is -0.229. The fourth-order valence-electron chi connectivity index (χ4n) is 5.08. The van der Waals surface area contributed by atoms with Crippen molar-refractivity contribution < 1.29 is 33.0 Å². The molecule has 5 rings (SSSR count). The van der Waals surface area contributed by atoms with E-state index in [0.29, 0.717) is 40.3 Å². The Labute approximate surface area is 288 Å². The number of hydrogen-bond acceptors (Lipinski definition) is 12. The van der Waals surface area contributed by atoms with Crippen LogP contribution in [0, 0.1) is 6.92 Å². The second-order valence-electron chi connectivity index (χ2n) is 11.0. The number of allylic oxidation sites excluding steroid dienone is 2. The molecule has 1 amide bonds. The fourth-order valence-corrected chi connectivity index (χ4v) is 5.08. The van der Waals surface area contributed by atoms with Crippen LogP contribution in [0.1, 0.15) is 64.5 Å². The predicted octanol–water partition coefficient (Wildman–Crippen LogP) is 5.06. The van der Waals surface area contributed by atoms with Gasteiger partial charge in [-0.2, -0.15) is 10.1 Å². The third-order valence-electron chi connectivity index (χ3n) is 7.44. The van der Waals surface area contributed by atoms with Crippen molar-refractivity contribution >= 4 is 28.5 Å². The van der Waals surface area contributed by atoms with E-state index in [0.717, 1.165) is 11.1 Å². The van der Waals surface area contributed by atoms with Gasteiger partial charge in [-0.3, -0.25) is 14.8 Å². The number of ether oxygens (including phenoxy) is 4. The van der Waals surface area contributed by atoms with Crippen LogP contribution >= 0.6 is 0 Å². The molecule has 0 aliphatic rings. The number of oxazole rings is 1. The highest BCUT2D eigenvalue weighted by Gasteiger charge is 2.31. The van der Waals surface area contributed by atoms with Gasteiger partial charge in [-0.15, -0.1) is 0 Å². The first-order valence-electron chi connectivity index (χ1n) is 15.9. The van der Waals surface area contributed by atoms with Crippen LogP contribution < -0.4 is 20.5 Å². The fraction of sp³-hybridized carbons (Fsp3) is 0.278. The molecule has 3 aromatic heterocycles. The number of nitrogens with one attached hydrogen (secondary N) is 1. The molecule has 0 unspecified atom stereocenters. The first-order valence-corrected chi connectivity index (χ1v) is 15.9. The minimum Gasteiger partial charge on any atom is -0.497 e. The molecule has 0 radical (unpaired) electrons. The van der Waals surface area contributed by atoms with Gasteiger partial charge < -0.3 is 34.4 Å². The second-order valence-corrected chi connectivity index (χ2v) is 11.0. The van der Waals surface area contributed by atoms with E-state index in [-0.39, 0.29) is 54.4 Å². The average Bonchev–Trinajstić information content (AvgIpc) is 3.72. The number of amides is 1. The number of esters is 1. The molecule has 0 atom stereocenters. The molecule has 0 aliphatic heterocycles. The Balaban J connectivity index is 1.58. The Kier molecular flexibility index (Phi) is 11.1. The van der Waals surface area contributed by atoms with Crippen LogP contribution in [0.25, 0.3) is 16.7 Å². The molecular formula is C36H39N7O7.